The predicted molar refractivity (Wildman–Crippen MR) is 60.9 cm³/mol. The quantitative estimate of drug-likeness (QED) is 0.721. The van der Waals surface area contributed by atoms with E-state index >= 15 is 0 Å². The molecule has 1 aliphatic rings. The van der Waals surface area contributed by atoms with Gasteiger partial charge in [-0.05, 0) is 25.8 Å². The van der Waals surface area contributed by atoms with E-state index in [1.165, 1.54) is 12.8 Å². The number of hydrogen-bond donors (Lipinski definition) is 0. The minimum Gasteiger partial charge on any atom is -0.341 e. The van der Waals surface area contributed by atoms with E-state index in [9.17, 15) is 0 Å². The van der Waals surface area contributed by atoms with Crippen LogP contribution in [0.25, 0.3) is 0 Å². The largest absolute Gasteiger partial charge is 0.341 e. The van der Waals surface area contributed by atoms with Crippen LogP contribution in [0.5, 0.6) is 0 Å². The zero-order valence-electron chi connectivity index (χ0n) is 8.28. The first-order valence-electron chi connectivity index (χ1n) is 4.94. The molecular formula is C10H14BrN3. The maximum atomic E-state index is 4.42. The van der Waals surface area contributed by atoms with Crippen LogP contribution in [0.2, 0.25) is 0 Å². The molecule has 0 spiro atoms. The summed E-state index contributed by atoms with van der Waals surface area (Å²) in [6.45, 7) is 4.11. The van der Waals surface area contributed by atoms with Crippen LogP contribution in [0, 0.1) is 6.92 Å². The van der Waals surface area contributed by atoms with Gasteiger partial charge in [-0.1, -0.05) is 15.9 Å². The molecule has 0 amide bonds. The molecule has 1 saturated heterocycles. The molecule has 1 fully saturated rings. The Morgan fingerprint density at radius 1 is 1.43 bits per heavy atom. The molecular weight excluding hydrogens is 242 g/mol. The van der Waals surface area contributed by atoms with Gasteiger partial charge in [0.25, 0.3) is 0 Å². The van der Waals surface area contributed by atoms with Crippen molar-refractivity contribution in [2.24, 2.45) is 0 Å². The third-order valence-corrected chi connectivity index (χ3v) is 3.41. The average molecular weight is 256 g/mol. The molecule has 0 aliphatic carbocycles. The molecule has 0 saturated carbocycles. The fourth-order valence-corrected chi connectivity index (χ4v) is 2.05. The molecule has 1 aliphatic heterocycles. The highest BCUT2D eigenvalue weighted by molar-refractivity contribution is 9.09. The molecule has 0 radical (unpaired) electrons. The van der Waals surface area contributed by atoms with E-state index in [0.717, 1.165) is 24.7 Å². The molecule has 0 bridgehead atoms. The first-order chi connectivity index (χ1) is 6.75. The number of halogens is 1. The summed E-state index contributed by atoms with van der Waals surface area (Å²) in [4.78, 5) is 11.6. The number of alkyl halides is 1. The van der Waals surface area contributed by atoms with Crippen LogP contribution in [0.15, 0.2) is 12.3 Å². The highest BCUT2D eigenvalue weighted by Crippen LogP contribution is 2.20. The van der Waals surface area contributed by atoms with Crippen LogP contribution >= 0.6 is 15.9 Å². The third-order valence-electron chi connectivity index (χ3n) is 2.49. The number of nitrogens with zero attached hydrogens (tertiary/aromatic N) is 3. The molecule has 1 aromatic rings. The molecule has 1 aromatic heterocycles. The Labute approximate surface area is 92.7 Å². The number of aromatic nitrogens is 2. The van der Waals surface area contributed by atoms with Crippen LogP contribution in [0.4, 0.5) is 5.95 Å². The van der Waals surface area contributed by atoms with Crippen molar-refractivity contribution in [2.75, 3.05) is 18.0 Å². The summed E-state index contributed by atoms with van der Waals surface area (Å²) in [5, 5.41) is 0. The summed E-state index contributed by atoms with van der Waals surface area (Å²) in [6, 6.07) is 1.93. The van der Waals surface area contributed by atoms with Gasteiger partial charge in [0.15, 0.2) is 0 Å². The van der Waals surface area contributed by atoms with Crippen LogP contribution < -0.4 is 4.90 Å². The van der Waals surface area contributed by atoms with Crippen LogP contribution in [0.1, 0.15) is 18.5 Å². The summed E-state index contributed by atoms with van der Waals surface area (Å²) in [6.07, 6.45) is 4.19. The third kappa shape index (κ3) is 2.23. The molecule has 4 heteroatoms. The van der Waals surface area contributed by atoms with E-state index in [4.69, 9.17) is 0 Å². The van der Waals surface area contributed by atoms with Crippen molar-refractivity contribution in [3.63, 3.8) is 0 Å². The van der Waals surface area contributed by atoms with E-state index in [2.05, 4.69) is 30.8 Å². The van der Waals surface area contributed by atoms with E-state index in [1.807, 2.05) is 19.2 Å². The van der Waals surface area contributed by atoms with Gasteiger partial charge in [0.05, 0.1) is 0 Å². The number of aryl methyl sites for hydroxylation is 1. The normalized spacial score (nSPS) is 18.6. The Morgan fingerprint density at radius 3 is 2.79 bits per heavy atom. The monoisotopic (exact) mass is 255 g/mol. The number of rotatable bonds is 1. The average Bonchev–Trinajstić information content (AvgIpc) is 2.19. The highest BCUT2D eigenvalue weighted by Gasteiger charge is 2.18. The van der Waals surface area contributed by atoms with Gasteiger partial charge in [-0.3, -0.25) is 0 Å². The number of hydrogen-bond acceptors (Lipinski definition) is 3. The second-order valence-corrected chi connectivity index (χ2v) is 4.95. The van der Waals surface area contributed by atoms with Crippen molar-refractivity contribution >= 4 is 21.9 Å². The summed E-state index contributed by atoms with van der Waals surface area (Å²) in [5.41, 5.74) is 1.04. The van der Waals surface area contributed by atoms with Gasteiger partial charge in [0.2, 0.25) is 5.95 Å². The minimum atomic E-state index is 0.670. The molecule has 3 nitrogen and oxygen atoms in total. The predicted octanol–water partition coefficient (Wildman–Crippen LogP) is 2.15. The van der Waals surface area contributed by atoms with E-state index in [0.29, 0.717) is 4.83 Å². The van der Waals surface area contributed by atoms with Crippen molar-refractivity contribution in [2.45, 2.75) is 24.6 Å². The van der Waals surface area contributed by atoms with Gasteiger partial charge in [-0.2, -0.15) is 0 Å². The van der Waals surface area contributed by atoms with Crippen LogP contribution in [-0.2, 0) is 0 Å². The molecule has 0 atom stereocenters. The zero-order chi connectivity index (χ0) is 9.97. The fraction of sp³-hybridized carbons (Fsp3) is 0.600. The summed E-state index contributed by atoms with van der Waals surface area (Å²) in [5.74, 6) is 0.879. The fourth-order valence-electron chi connectivity index (χ4n) is 1.64. The number of piperidine rings is 1. The molecule has 0 N–H and O–H groups in total. The van der Waals surface area contributed by atoms with E-state index in [-0.39, 0.29) is 0 Å². The standard InChI is InChI=1S/C10H14BrN3/c1-8-2-5-12-10(13-8)14-6-3-9(11)4-7-14/h2,5,9H,3-4,6-7H2,1H3. The lowest BCUT2D eigenvalue weighted by Gasteiger charge is -2.29. The van der Waals surface area contributed by atoms with Crippen molar-refractivity contribution in [1.82, 2.24) is 9.97 Å². The van der Waals surface area contributed by atoms with Crippen molar-refractivity contribution < 1.29 is 0 Å². The van der Waals surface area contributed by atoms with Gasteiger partial charge in [0, 0.05) is 29.8 Å². The van der Waals surface area contributed by atoms with E-state index < -0.39 is 0 Å². The minimum absolute atomic E-state index is 0.670. The maximum absolute atomic E-state index is 4.42. The Morgan fingerprint density at radius 2 is 2.14 bits per heavy atom. The van der Waals surface area contributed by atoms with Gasteiger partial charge < -0.3 is 4.90 Å². The van der Waals surface area contributed by atoms with Crippen molar-refractivity contribution in [3.8, 4) is 0 Å². The van der Waals surface area contributed by atoms with Crippen molar-refractivity contribution in [3.05, 3.63) is 18.0 Å². The van der Waals surface area contributed by atoms with Crippen molar-refractivity contribution in [1.29, 1.82) is 0 Å². The van der Waals surface area contributed by atoms with E-state index in [1.54, 1.807) is 0 Å². The first-order valence-corrected chi connectivity index (χ1v) is 5.86. The van der Waals surface area contributed by atoms with Crippen LogP contribution in [-0.4, -0.2) is 27.9 Å². The second kappa shape index (κ2) is 4.26. The Bertz CT molecular complexity index is 308. The maximum Gasteiger partial charge on any atom is 0.225 e. The molecule has 0 unspecified atom stereocenters. The summed E-state index contributed by atoms with van der Waals surface area (Å²) < 4.78 is 0. The number of anilines is 1. The molecule has 76 valence electrons. The Balaban J connectivity index is 2.08. The first kappa shape index (κ1) is 9.90. The van der Waals surface area contributed by atoms with Gasteiger partial charge in [-0.25, -0.2) is 9.97 Å². The lowest BCUT2D eigenvalue weighted by Crippen LogP contribution is -2.35. The lowest BCUT2D eigenvalue weighted by molar-refractivity contribution is 0.586. The lowest BCUT2D eigenvalue weighted by atomic mass is 10.1. The SMILES string of the molecule is Cc1ccnc(N2CCC(Br)CC2)n1. The smallest absolute Gasteiger partial charge is 0.225 e. The molecule has 0 aromatic carbocycles. The highest BCUT2D eigenvalue weighted by atomic mass is 79.9. The topological polar surface area (TPSA) is 29.0 Å². The van der Waals surface area contributed by atoms with Crippen LogP contribution in [0.3, 0.4) is 0 Å². The molecule has 2 rings (SSSR count). The Kier molecular flexibility index (Phi) is 3.01. The van der Waals surface area contributed by atoms with Gasteiger partial charge in [0.1, 0.15) is 0 Å². The van der Waals surface area contributed by atoms with Gasteiger partial charge >= 0.3 is 0 Å². The summed E-state index contributed by atoms with van der Waals surface area (Å²) in [7, 11) is 0. The summed E-state index contributed by atoms with van der Waals surface area (Å²) >= 11 is 3.64. The zero-order valence-corrected chi connectivity index (χ0v) is 9.87. The van der Waals surface area contributed by atoms with Gasteiger partial charge in [-0.15, -0.1) is 0 Å². The second-order valence-electron chi connectivity index (χ2n) is 3.66. The molecule has 2 heterocycles. The Hall–Kier alpha value is -0.640. The molecule has 14 heavy (non-hydrogen) atoms.